The number of hydrogen-bond acceptors (Lipinski definition) is 2. The van der Waals surface area contributed by atoms with Crippen molar-refractivity contribution < 1.29 is 0 Å². The summed E-state index contributed by atoms with van der Waals surface area (Å²) >= 11 is 3.23. The van der Waals surface area contributed by atoms with Gasteiger partial charge >= 0.3 is 0 Å². The maximum atomic E-state index is 5.42. The molecule has 0 saturated carbocycles. The summed E-state index contributed by atoms with van der Waals surface area (Å²) in [4.78, 5) is 0. The second-order valence-electron chi connectivity index (χ2n) is 4.80. The molecule has 0 amide bonds. The molecule has 18 heavy (non-hydrogen) atoms. The maximum Gasteiger partial charge on any atom is 0.00433 e. The molecule has 0 fully saturated rings. The highest BCUT2D eigenvalue weighted by Crippen LogP contribution is 2.09. The lowest BCUT2D eigenvalue weighted by atomic mass is 10.1. The first-order valence-electron chi connectivity index (χ1n) is 7.79. The fraction of sp³-hybridized carbons (Fsp3) is 1.00. The second kappa shape index (κ2) is 22.6. The topological polar surface area (TPSA) is 52.0 Å². The Morgan fingerprint density at radius 3 is 1.28 bits per heavy atom. The predicted octanol–water partition coefficient (Wildman–Crippen LogP) is 4.60. The van der Waals surface area contributed by atoms with Crippen molar-refractivity contribution in [3.8, 4) is 0 Å². The molecular formula is C15H35BrN2. The van der Waals surface area contributed by atoms with Gasteiger partial charge in [-0.2, -0.15) is 0 Å². The van der Waals surface area contributed by atoms with Crippen LogP contribution in [0.2, 0.25) is 0 Å². The van der Waals surface area contributed by atoms with Crippen molar-refractivity contribution in [1.82, 2.24) is 0 Å². The summed E-state index contributed by atoms with van der Waals surface area (Å²) in [6.07, 6.45) is 15.0. The van der Waals surface area contributed by atoms with E-state index in [2.05, 4.69) is 22.9 Å². The van der Waals surface area contributed by atoms with Crippen LogP contribution in [0.3, 0.4) is 0 Å². The quantitative estimate of drug-likeness (QED) is 0.407. The smallest absolute Gasteiger partial charge is 0.00433 e. The van der Waals surface area contributed by atoms with Gasteiger partial charge in [-0.05, 0) is 25.9 Å². The van der Waals surface area contributed by atoms with Gasteiger partial charge in [0.1, 0.15) is 0 Å². The van der Waals surface area contributed by atoms with Gasteiger partial charge in [0.05, 0.1) is 0 Å². The molecule has 0 aromatic rings. The van der Waals surface area contributed by atoms with Crippen LogP contribution in [0.15, 0.2) is 0 Å². The van der Waals surface area contributed by atoms with Gasteiger partial charge in [-0.1, -0.05) is 80.6 Å². The Morgan fingerprint density at radius 2 is 1.00 bits per heavy atom. The summed E-state index contributed by atoms with van der Waals surface area (Å²) in [5, 5.41) is 1.03. The predicted molar refractivity (Wildman–Crippen MR) is 88.4 cm³/mol. The zero-order valence-corrected chi connectivity index (χ0v) is 14.0. The SMILES string of the molecule is CCCCCCCCCCCCN.NCCCBr. The fourth-order valence-corrected chi connectivity index (χ4v) is 2.03. The van der Waals surface area contributed by atoms with Crippen molar-refractivity contribution in [3.63, 3.8) is 0 Å². The first-order valence-corrected chi connectivity index (χ1v) is 8.91. The van der Waals surface area contributed by atoms with Gasteiger partial charge in [0, 0.05) is 5.33 Å². The zero-order chi connectivity index (χ0) is 13.9. The lowest BCUT2D eigenvalue weighted by molar-refractivity contribution is 0.558. The van der Waals surface area contributed by atoms with Gasteiger partial charge in [-0.15, -0.1) is 0 Å². The van der Waals surface area contributed by atoms with E-state index in [1.807, 2.05) is 0 Å². The molecule has 0 aliphatic heterocycles. The summed E-state index contributed by atoms with van der Waals surface area (Å²) in [6, 6.07) is 0. The van der Waals surface area contributed by atoms with Crippen LogP contribution in [0.25, 0.3) is 0 Å². The van der Waals surface area contributed by atoms with Gasteiger partial charge in [-0.25, -0.2) is 0 Å². The van der Waals surface area contributed by atoms with Crippen molar-refractivity contribution in [2.75, 3.05) is 18.4 Å². The van der Waals surface area contributed by atoms with Crippen LogP contribution in [-0.2, 0) is 0 Å². The minimum absolute atomic E-state index is 0.797. The third kappa shape index (κ3) is 25.3. The molecule has 0 aromatic heterocycles. The molecule has 0 heterocycles. The van der Waals surface area contributed by atoms with E-state index in [9.17, 15) is 0 Å². The lowest BCUT2D eigenvalue weighted by Gasteiger charge is -2.00. The van der Waals surface area contributed by atoms with E-state index in [1.54, 1.807) is 0 Å². The average molecular weight is 323 g/mol. The summed E-state index contributed by atoms with van der Waals surface area (Å²) in [6.45, 7) is 3.94. The Kier molecular flexibility index (Phi) is 26.0. The minimum atomic E-state index is 0.797. The van der Waals surface area contributed by atoms with E-state index in [-0.39, 0.29) is 0 Å². The molecule has 0 unspecified atom stereocenters. The van der Waals surface area contributed by atoms with E-state index in [0.29, 0.717) is 0 Å². The number of halogens is 1. The second-order valence-corrected chi connectivity index (χ2v) is 5.59. The molecule has 0 atom stereocenters. The minimum Gasteiger partial charge on any atom is -0.330 e. The summed E-state index contributed by atoms with van der Waals surface area (Å²) in [7, 11) is 0. The van der Waals surface area contributed by atoms with Crippen LogP contribution >= 0.6 is 15.9 Å². The third-order valence-electron chi connectivity index (χ3n) is 2.90. The van der Waals surface area contributed by atoms with E-state index < -0.39 is 0 Å². The molecular weight excluding hydrogens is 288 g/mol. The molecule has 0 saturated heterocycles. The number of unbranched alkanes of at least 4 members (excludes halogenated alkanes) is 9. The van der Waals surface area contributed by atoms with Gasteiger partial charge in [0.25, 0.3) is 0 Å². The molecule has 0 radical (unpaired) electrons. The van der Waals surface area contributed by atoms with E-state index in [1.165, 1.54) is 64.2 Å². The first kappa shape index (κ1) is 20.7. The maximum absolute atomic E-state index is 5.42. The van der Waals surface area contributed by atoms with Crippen molar-refractivity contribution >= 4 is 15.9 Å². The number of hydrogen-bond donors (Lipinski definition) is 2. The molecule has 0 aliphatic rings. The van der Waals surface area contributed by atoms with Crippen LogP contribution in [0, 0.1) is 0 Å². The molecule has 0 aromatic carbocycles. The van der Waals surface area contributed by atoms with Crippen molar-refractivity contribution in [3.05, 3.63) is 0 Å². The standard InChI is InChI=1S/C12H27N.C3H8BrN/c1-2-3-4-5-6-7-8-9-10-11-12-13;4-2-1-3-5/h2-13H2,1H3;1-3,5H2. The Balaban J connectivity index is 0. The highest BCUT2D eigenvalue weighted by atomic mass is 79.9. The summed E-state index contributed by atoms with van der Waals surface area (Å²) in [5.41, 5.74) is 10.5. The van der Waals surface area contributed by atoms with Crippen LogP contribution in [-0.4, -0.2) is 18.4 Å². The van der Waals surface area contributed by atoms with Gasteiger partial charge in [0.2, 0.25) is 0 Å². The van der Waals surface area contributed by atoms with Crippen molar-refractivity contribution in [2.24, 2.45) is 11.5 Å². The normalized spacial score (nSPS) is 10.0. The highest BCUT2D eigenvalue weighted by Gasteiger charge is 1.91. The van der Waals surface area contributed by atoms with E-state index in [0.717, 1.165) is 24.8 Å². The van der Waals surface area contributed by atoms with Gasteiger partial charge in [-0.3, -0.25) is 0 Å². The number of rotatable bonds is 12. The molecule has 4 N–H and O–H groups in total. The van der Waals surface area contributed by atoms with E-state index in [4.69, 9.17) is 11.5 Å². The molecule has 3 heteroatoms. The largest absolute Gasteiger partial charge is 0.330 e. The zero-order valence-electron chi connectivity index (χ0n) is 12.4. The van der Waals surface area contributed by atoms with Crippen molar-refractivity contribution in [1.29, 1.82) is 0 Å². The van der Waals surface area contributed by atoms with E-state index >= 15 is 0 Å². The van der Waals surface area contributed by atoms with Crippen LogP contribution in [0.1, 0.15) is 77.6 Å². The molecule has 0 rings (SSSR count). The lowest BCUT2D eigenvalue weighted by Crippen LogP contribution is -1.97. The first-order chi connectivity index (χ1) is 8.83. The monoisotopic (exact) mass is 322 g/mol. The van der Waals surface area contributed by atoms with Crippen LogP contribution in [0.5, 0.6) is 0 Å². The van der Waals surface area contributed by atoms with Crippen molar-refractivity contribution in [2.45, 2.75) is 77.6 Å². The number of alkyl halides is 1. The molecule has 0 aliphatic carbocycles. The molecule has 0 bridgehead atoms. The van der Waals surface area contributed by atoms with Gasteiger partial charge < -0.3 is 11.5 Å². The fourth-order valence-electron chi connectivity index (χ4n) is 1.71. The molecule has 0 spiro atoms. The Labute approximate surface area is 123 Å². The highest BCUT2D eigenvalue weighted by molar-refractivity contribution is 9.09. The van der Waals surface area contributed by atoms with Gasteiger partial charge in [0.15, 0.2) is 0 Å². The molecule has 112 valence electrons. The summed E-state index contributed by atoms with van der Waals surface area (Å²) < 4.78 is 0. The Bertz CT molecular complexity index is 109. The number of nitrogens with two attached hydrogens (primary N) is 2. The summed E-state index contributed by atoms with van der Waals surface area (Å²) in [5.74, 6) is 0. The molecule has 2 nitrogen and oxygen atoms in total. The Hall–Kier alpha value is 0.400. The third-order valence-corrected chi connectivity index (χ3v) is 3.46. The average Bonchev–Trinajstić information content (AvgIpc) is 2.39. The Morgan fingerprint density at radius 1 is 0.611 bits per heavy atom. The van der Waals surface area contributed by atoms with Crippen LogP contribution < -0.4 is 11.5 Å². The van der Waals surface area contributed by atoms with Crippen LogP contribution in [0.4, 0.5) is 0 Å².